The predicted octanol–water partition coefficient (Wildman–Crippen LogP) is 0.238. The lowest BCUT2D eigenvalue weighted by molar-refractivity contribution is -0.136. The number of aliphatic carboxylic acids is 1. The molecule has 0 aliphatic carbocycles. The number of hydrogen-bond acceptors (Lipinski definition) is 3. The van der Waals surface area contributed by atoms with Gasteiger partial charge in [0.1, 0.15) is 5.69 Å². The van der Waals surface area contributed by atoms with Crippen LogP contribution >= 0.6 is 0 Å². The van der Waals surface area contributed by atoms with Gasteiger partial charge in [-0.3, -0.25) is 9.59 Å². The van der Waals surface area contributed by atoms with Crippen LogP contribution in [0.25, 0.3) is 0 Å². The third kappa shape index (κ3) is 3.01. The number of carbonyl (C=O) groups is 2. The van der Waals surface area contributed by atoms with Crippen LogP contribution in [0.2, 0.25) is 0 Å². The van der Waals surface area contributed by atoms with E-state index in [1.54, 1.807) is 6.92 Å². The molecule has 0 aromatic carbocycles. The molecule has 15 heavy (non-hydrogen) atoms. The van der Waals surface area contributed by atoms with E-state index in [0.717, 1.165) is 5.56 Å². The highest BCUT2D eigenvalue weighted by molar-refractivity contribution is 5.93. The summed E-state index contributed by atoms with van der Waals surface area (Å²) in [7, 11) is 0. The topological polar surface area (TPSA) is 91.6 Å². The molecular weight excluding hydrogens is 200 g/mol. The molecule has 0 aliphatic heterocycles. The van der Waals surface area contributed by atoms with Gasteiger partial charge < -0.3 is 15.6 Å². The van der Waals surface area contributed by atoms with E-state index in [0.29, 0.717) is 4.73 Å². The van der Waals surface area contributed by atoms with E-state index in [1.165, 1.54) is 12.3 Å². The molecule has 0 aliphatic rings. The summed E-state index contributed by atoms with van der Waals surface area (Å²) in [5.74, 6) is -1.47. The first-order valence-corrected chi connectivity index (χ1v) is 4.39. The fourth-order valence-electron chi connectivity index (χ4n) is 1.12. The van der Waals surface area contributed by atoms with Gasteiger partial charge in [-0.15, -0.1) is 0 Å². The van der Waals surface area contributed by atoms with E-state index in [1.807, 2.05) is 0 Å². The molecule has 0 unspecified atom stereocenters. The number of nitrogens with zero attached hydrogens (tertiary/aromatic N) is 1. The Morgan fingerprint density at radius 2 is 2.20 bits per heavy atom. The minimum atomic E-state index is -0.981. The van der Waals surface area contributed by atoms with Crippen molar-refractivity contribution in [2.75, 3.05) is 6.54 Å². The molecule has 0 bridgehead atoms. The highest BCUT2D eigenvalue weighted by Gasteiger charge is 2.11. The van der Waals surface area contributed by atoms with Crippen LogP contribution in [-0.4, -0.2) is 33.5 Å². The van der Waals surface area contributed by atoms with Crippen LogP contribution in [0, 0.1) is 6.92 Å². The zero-order valence-electron chi connectivity index (χ0n) is 8.23. The Morgan fingerprint density at radius 1 is 1.53 bits per heavy atom. The molecule has 6 nitrogen and oxygen atoms in total. The van der Waals surface area contributed by atoms with Crippen LogP contribution in [0.1, 0.15) is 22.5 Å². The fraction of sp³-hybridized carbons (Fsp3) is 0.333. The molecule has 82 valence electrons. The SMILES string of the molecule is Cc1cc(C(=O)NCCC(=O)O)n(O)c1. The molecule has 0 radical (unpaired) electrons. The van der Waals surface area contributed by atoms with Crippen molar-refractivity contribution in [3.05, 3.63) is 23.5 Å². The number of nitrogens with one attached hydrogen (secondary N) is 1. The smallest absolute Gasteiger partial charge is 0.305 e. The van der Waals surface area contributed by atoms with Crippen molar-refractivity contribution in [2.45, 2.75) is 13.3 Å². The molecule has 1 heterocycles. The van der Waals surface area contributed by atoms with E-state index in [4.69, 9.17) is 5.11 Å². The number of aryl methyl sites for hydroxylation is 1. The summed E-state index contributed by atoms with van der Waals surface area (Å²) in [5.41, 5.74) is 0.846. The lowest BCUT2D eigenvalue weighted by Crippen LogP contribution is -2.27. The molecule has 0 saturated carbocycles. The fourth-order valence-corrected chi connectivity index (χ4v) is 1.12. The van der Waals surface area contributed by atoms with Crippen LogP contribution < -0.4 is 5.32 Å². The average Bonchev–Trinajstić information content (AvgIpc) is 2.44. The van der Waals surface area contributed by atoms with Crippen molar-refractivity contribution < 1.29 is 19.9 Å². The summed E-state index contributed by atoms with van der Waals surface area (Å²) in [4.78, 5) is 21.6. The van der Waals surface area contributed by atoms with Crippen molar-refractivity contribution in [2.24, 2.45) is 0 Å². The van der Waals surface area contributed by atoms with Crippen molar-refractivity contribution in [1.29, 1.82) is 0 Å². The van der Waals surface area contributed by atoms with Crippen LogP contribution in [0.5, 0.6) is 0 Å². The summed E-state index contributed by atoms with van der Waals surface area (Å²) in [5, 5.41) is 20.0. The zero-order chi connectivity index (χ0) is 11.4. The van der Waals surface area contributed by atoms with E-state index in [-0.39, 0.29) is 18.7 Å². The molecule has 1 amide bonds. The summed E-state index contributed by atoms with van der Waals surface area (Å²) >= 11 is 0. The first kappa shape index (κ1) is 11.1. The maximum Gasteiger partial charge on any atom is 0.305 e. The monoisotopic (exact) mass is 212 g/mol. The van der Waals surface area contributed by atoms with Crippen molar-refractivity contribution in [3.8, 4) is 0 Å². The summed E-state index contributed by atoms with van der Waals surface area (Å²) in [6.45, 7) is 1.78. The maximum absolute atomic E-state index is 11.4. The van der Waals surface area contributed by atoms with Gasteiger partial charge in [0, 0.05) is 12.7 Å². The van der Waals surface area contributed by atoms with Gasteiger partial charge in [0.2, 0.25) is 0 Å². The average molecular weight is 212 g/mol. The van der Waals surface area contributed by atoms with Gasteiger partial charge in [0.25, 0.3) is 5.91 Å². The molecule has 3 N–H and O–H groups in total. The van der Waals surface area contributed by atoms with Gasteiger partial charge in [-0.1, -0.05) is 0 Å². The Balaban J connectivity index is 2.54. The zero-order valence-corrected chi connectivity index (χ0v) is 8.23. The van der Waals surface area contributed by atoms with Crippen molar-refractivity contribution in [1.82, 2.24) is 10.0 Å². The highest BCUT2D eigenvalue weighted by atomic mass is 16.5. The number of rotatable bonds is 4. The molecule has 0 atom stereocenters. The molecule has 6 heteroatoms. The second-order valence-corrected chi connectivity index (χ2v) is 3.15. The largest absolute Gasteiger partial charge is 0.481 e. The molecule has 0 saturated heterocycles. The predicted molar refractivity (Wildman–Crippen MR) is 50.9 cm³/mol. The number of carboxylic acid groups (broad SMARTS) is 1. The standard InChI is InChI=1S/C9H12N2O4/c1-6-4-7(11(15)5-6)9(14)10-3-2-8(12)13/h4-5,15H,2-3H2,1H3,(H,10,14)(H,12,13). The molecule has 1 aromatic rings. The number of carboxylic acids is 1. The van der Waals surface area contributed by atoms with Gasteiger partial charge in [0.05, 0.1) is 6.42 Å². The van der Waals surface area contributed by atoms with Crippen molar-refractivity contribution >= 4 is 11.9 Å². The van der Waals surface area contributed by atoms with Crippen molar-refractivity contribution in [3.63, 3.8) is 0 Å². The number of hydrogen-bond donors (Lipinski definition) is 3. The molecule has 1 aromatic heterocycles. The second kappa shape index (κ2) is 4.50. The van der Waals surface area contributed by atoms with Gasteiger partial charge in [0.15, 0.2) is 0 Å². The molecule has 1 rings (SSSR count). The van der Waals surface area contributed by atoms with E-state index in [2.05, 4.69) is 5.32 Å². The number of carbonyl (C=O) groups excluding carboxylic acids is 1. The van der Waals surface area contributed by atoms with E-state index < -0.39 is 11.9 Å². The molecular formula is C9H12N2O4. The first-order chi connectivity index (χ1) is 7.00. The van der Waals surface area contributed by atoms with Crippen LogP contribution in [0.3, 0.4) is 0 Å². The Morgan fingerprint density at radius 3 is 2.67 bits per heavy atom. The lowest BCUT2D eigenvalue weighted by atomic mass is 10.3. The van der Waals surface area contributed by atoms with Gasteiger partial charge in [-0.25, -0.2) is 0 Å². The third-order valence-corrected chi connectivity index (χ3v) is 1.79. The molecule has 0 fully saturated rings. The lowest BCUT2D eigenvalue weighted by Gasteiger charge is -2.02. The van der Waals surface area contributed by atoms with Gasteiger partial charge >= 0.3 is 5.97 Å². The maximum atomic E-state index is 11.4. The molecule has 0 spiro atoms. The number of aromatic nitrogens is 1. The van der Waals surface area contributed by atoms with Crippen LogP contribution in [-0.2, 0) is 4.79 Å². The number of amides is 1. The Hall–Kier alpha value is -1.98. The quantitative estimate of drug-likeness (QED) is 0.623. The minimum absolute atomic E-state index is 0.0401. The normalized spacial score (nSPS) is 9.93. The Bertz CT molecular complexity index is 383. The van der Waals surface area contributed by atoms with Crippen LogP contribution in [0.15, 0.2) is 12.3 Å². The van der Waals surface area contributed by atoms with Crippen LogP contribution in [0.4, 0.5) is 0 Å². The first-order valence-electron chi connectivity index (χ1n) is 4.39. The Labute approximate surface area is 86.1 Å². The van der Waals surface area contributed by atoms with E-state index in [9.17, 15) is 14.8 Å². The summed E-state index contributed by atoms with van der Waals surface area (Å²) in [6, 6.07) is 1.51. The van der Waals surface area contributed by atoms with Gasteiger partial charge in [-0.2, -0.15) is 4.73 Å². The Kier molecular flexibility index (Phi) is 3.33. The minimum Gasteiger partial charge on any atom is -0.481 e. The second-order valence-electron chi connectivity index (χ2n) is 3.15. The van der Waals surface area contributed by atoms with E-state index >= 15 is 0 Å². The highest BCUT2D eigenvalue weighted by Crippen LogP contribution is 2.04. The summed E-state index contributed by atoms with van der Waals surface area (Å²) in [6.07, 6.45) is 1.25. The summed E-state index contributed by atoms with van der Waals surface area (Å²) < 4.78 is 0.714. The third-order valence-electron chi connectivity index (χ3n) is 1.79. The van der Waals surface area contributed by atoms with Gasteiger partial charge in [-0.05, 0) is 18.6 Å².